The first kappa shape index (κ1) is 42.9. The van der Waals surface area contributed by atoms with Gasteiger partial charge in [-0.3, -0.25) is 4.79 Å². The molecule has 0 unspecified atom stereocenters. The molecule has 1 heterocycles. The van der Waals surface area contributed by atoms with Crippen molar-refractivity contribution in [3.63, 3.8) is 0 Å². The van der Waals surface area contributed by atoms with Crippen LogP contribution >= 0.6 is 0 Å². The summed E-state index contributed by atoms with van der Waals surface area (Å²) < 4.78 is 25.1. The maximum Gasteiger partial charge on any atom is 0.204 e. The summed E-state index contributed by atoms with van der Waals surface area (Å²) in [7, 11) is 5.96. The van der Waals surface area contributed by atoms with E-state index in [1.54, 1.807) is 19.2 Å². The Labute approximate surface area is 313 Å². The van der Waals surface area contributed by atoms with Crippen molar-refractivity contribution in [3.8, 4) is 23.0 Å². The van der Waals surface area contributed by atoms with Crippen LogP contribution in [0.2, 0.25) is 0 Å². The zero-order valence-electron chi connectivity index (χ0n) is 33.9. The van der Waals surface area contributed by atoms with Crippen molar-refractivity contribution in [2.75, 3.05) is 60.6 Å². The van der Waals surface area contributed by atoms with Crippen molar-refractivity contribution in [2.24, 2.45) is 0 Å². The monoisotopic (exact) mass is 721 g/mol. The van der Waals surface area contributed by atoms with Gasteiger partial charge in [0.1, 0.15) is 28.1 Å². The van der Waals surface area contributed by atoms with E-state index in [2.05, 4.69) is 43.8 Å². The van der Waals surface area contributed by atoms with Crippen molar-refractivity contribution in [1.29, 1.82) is 0 Å². The largest absolute Gasteiger partial charge is 0.507 e. The van der Waals surface area contributed by atoms with Gasteiger partial charge in [-0.25, -0.2) is 0 Å². The third-order valence-electron chi connectivity index (χ3n) is 9.61. The van der Waals surface area contributed by atoms with Crippen LogP contribution in [0, 0.1) is 0 Å². The summed E-state index contributed by atoms with van der Waals surface area (Å²) in [5, 5.41) is 12.3. The van der Waals surface area contributed by atoms with Crippen LogP contribution in [0.25, 0.3) is 21.9 Å². The number of allylic oxidation sites excluding steroid dienone is 4. The Morgan fingerprint density at radius 3 is 1.65 bits per heavy atom. The van der Waals surface area contributed by atoms with E-state index in [4.69, 9.17) is 18.6 Å². The van der Waals surface area contributed by atoms with Gasteiger partial charge in [0.25, 0.3) is 0 Å². The molecule has 0 aliphatic heterocycles. The minimum absolute atomic E-state index is 0.0940. The summed E-state index contributed by atoms with van der Waals surface area (Å²) in [4.78, 5) is 19.2. The van der Waals surface area contributed by atoms with Crippen LogP contribution < -0.4 is 19.6 Å². The van der Waals surface area contributed by atoms with E-state index in [-0.39, 0.29) is 22.1 Å². The van der Waals surface area contributed by atoms with Crippen LogP contribution in [0.5, 0.6) is 23.0 Å². The normalized spacial score (nSPS) is 11.5. The highest BCUT2D eigenvalue weighted by molar-refractivity contribution is 5.98. The van der Waals surface area contributed by atoms with Crippen molar-refractivity contribution < 1.29 is 23.7 Å². The predicted octanol–water partition coefficient (Wildman–Crippen LogP) is 10.2. The smallest absolute Gasteiger partial charge is 0.204 e. The summed E-state index contributed by atoms with van der Waals surface area (Å²) in [5.74, 6) is 1.51. The lowest BCUT2D eigenvalue weighted by molar-refractivity contribution is 0.266. The number of ether oxygens (including phenoxy) is 3. The number of fused-ring (bicyclic) bond motifs is 2. The first-order valence-electron chi connectivity index (χ1n) is 19.8. The summed E-state index contributed by atoms with van der Waals surface area (Å²) in [5.41, 5.74) is 3.90. The molecule has 0 saturated heterocycles. The molecule has 8 heteroatoms. The van der Waals surface area contributed by atoms with E-state index in [0.717, 1.165) is 63.0 Å². The average molecular weight is 721 g/mol. The van der Waals surface area contributed by atoms with Crippen molar-refractivity contribution >= 4 is 21.9 Å². The number of rotatable bonds is 25. The Morgan fingerprint density at radius 1 is 0.692 bits per heavy atom. The molecule has 8 nitrogen and oxygen atoms in total. The zero-order chi connectivity index (χ0) is 38.0. The molecular weight excluding hydrogens is 652 g/mol. The van der Waals surface area contributed by atoms with Crippen LogP contribution in [0.4, 0.5) is 0 Å². The van der Waals surface area contributed by atoms with Gasteiger partial charge in [0.05, 0.1) is 25.7 Å². The van der Waals surface area contributed by atoms with Gasteiger partial charge in [-0.05, 0) is 119 Å². The van der Waals surface area contributed by atoms with Gasteiger partial charge in [-0.1, -0.05) is 62.8 Å². The SMILES string of the molecule is CCCCCN(C)CCCCOc1cc2oc3cc(OCCCCN(C)CCCCC)c(OC)c(CC=C(C)C)c3c(=O)c2c(O)c1CC=C(C)C. The summed E-state index contributed by atoms with van der Waals surface area (Å²) in [6.45, 7) is 17.8. The number of hydrogen-bond acceptors (Lipinski definition) is 8. The van der Waals surface area contributed by atoms with E-state index < -0.39 is 0 Å². The van der Waals surface area contributed by atoms with Gasteiger partial charge in [-0.15, -0.1) is 0 Å². The highest BCUT2D eigenvalue weighted by Crippen LogP contribution is 2.41. The van der Waals surface area contributed by atoms with Crippen LogP contribution in [-0.2, 0) is 12.8 Å². The molecule has 2 aromatic carbocycles. The topological polar surface area (TPSA) is 84.6 Å². The summed E-state index contributed by atoms with van der Waals surface area (Å²) in [6.07, 6.45) is 16.2. The zero-order valence-corrected chi connectivity index (χ0v) is 33.9. The molecule has 0 aliphatic rings. The Hall–Kier alpha value is -3.49. The van der Waals surface area contributed by atoms with Gasteiger partial charge in [-0.2, -0.15) is 0 Å². The van der Waals surface area contributed by atoms with Crippen LogP contribution in [0.15, 0.2) is 44.6 Å². The highest BCUT2D eigenvalue weighted by atomic mass is 16.5. The fraction of sp³-hybridized carbons (Fsp3) is 0.614. The maximum atomic E-state index is 14.5. The van der Waals surface area contributed by atoms with E-state index in [9.17, 15) is 9.90 Å². The lowest BCUT2D eigenvalue weighted by Gasteiger charge is -2.19. The number of methoxy groups -OCH3 is 1. The number of aromatic hydroxyl groups is 1. The van der Waals surface area contributed by atoms with Gasteiger partial charge >= 0.3 is 0 Å². The standard InChI is InChI=1S/C44H68N2O6/c1-10-12-14-24-45(7)26-16-18-28-50-36-30-38-41(42(47)34(36)22-20-32(3)4)43(48)40-35(23-21-33(5)6)44(49-9)39(31-37(40)52-38)51-29-19-17-27-46(8)25-15-13-11-2/h20-21,30-31,47H,10-19,22-29H2,1-9H3. The van der Waals surface area contributed by atoms with Crippen LogP contribution in [0.1, 0.15) is 117 Å². The maximum absolute atomic E-state index is 14.5. The van der Waals surface area contributed by atoms with Crippen LogP contribution in [-0.4, -0.2) is 75.5 Å². The minimum atomic E-state index is -0.294. The first-order valence-corrected chi connectivity index (χ1v) is 19.8. The van der Waals surface area contributed by atoms with Crippen LogP contribution in [0.3, 0.4) is 0 Å². The molecular formula is C44H68N2O6. The third-order valence-corrected chi connectivity index (χ3v) is 9.61. The van der Waals surface area contributed by atoms with E-state index in [1.807, 2.05) is 33.8 Å². The first-order chi connectivity index (χ1) is 25.0. The van der Waals surface area contributed by atoms with Gasteiger partial charge < -0.3 is 33.5 Å². The van der Waals surface area contributed by atoms with E-state index >= 15 is 0 Å². The molecule has 0 amide bonds. The lowest BCUT2D eigenvalue weighted by Crippen LogP contribution is -2.21. The second-order valence-electron chi connectivity index (χ2n) is 14.9. The molecule has 3 aromatic rings. The second-order valence-corrected chi connectivity index (χ2v) is 14.9. The molecule has 0 aliphatic carbocycles. The molecule has 1 aromatic heterocycles. The van der Waals surface area contributed by atoms with Crippen molar-refractivity contribution in [3.05, 3.63) is 56.8 Å². The number of nitrogens with zero attached hydrogens (tertiary/aromatic N) is 2. The van der Waals surface area contributed by atoms with Gasteiger partial charge in [0.15, 0.2) is 11.5 Å². The lowest BCUT2D eigenvalue weighted by atomic mass is 9.98. The molecule has 52 heavy (non-hydrogen) atoms. The third kappa shape index (κ3) is 12.9. The molecule has 0 atom stereocenters. The summed E-state index contributed by atoms with van der Waals surface area (Å²) >= 11 is 0. The minimum Gasteiger partial charge on any atom is -0.507 e. The Morgan fingerprint density at radius 2 is 1.15 bits per heavy atom. The molecule has 1 N–H and O–H groups in total. The molecule has 0 radical (unpaired) electrons. The molecule has 0 fully saturated rings. The summed E-state index contributed by atoms with van der Waals surface area (Å²) in [6, 6.07) is 3.54. The number of unbranched alkanes of at least 4 members (excludes halogenated alkanes) is 6. The molecule has 290 valence electrons. The predicted molar refractivity (Wildman–Crippen MR) is 218 cm³/mol. The van der Waals surface area contributed by atoms with Gasteiger partial charge in [0, 0.05) is 23.3 Å². The van der Waals surface area contributed by atoms with Crippen molar-refractivity contribution in [2.45, 2.75) is 119 Å². The molecule has 3 rings (SSSR count). The number of hydrogen-bond donors (Lipinski definition) is 1. The average Bonchev–Trinajstić information content (AvgIpc) is 3.09. The highest BCUT2D eigenvalue weighted by Gasteiger charge is 2.24. The fourth-order valence-corrected chi connectivity index (χ4v) is 6.49. The fourth-order valence-electron chi connectivity index (χ4n) is 6.49. The Kier molecular flexibility index (Phi) is 18.6. The number of phenolic OH excluding ortho intramolecular Hbond substituents is 1. The molecule has 0 spiro atoms. The Bertz CT molecular complexity index is 1670. The van der Waals surface area contributed by atoms with Crippen molar-refractivity contribution in [1.82, 2.24) is 9.80 Å². The molecule has 0 bridgehead atoms. The number of benzene rings is 2. The van der Waals surface area contributed by atoms with E-state index in [0.29, 0.717) is 65.4 Å². The quantitative estimate of drug-likeness (QED) is 0.0526. The molecule has 0 saturated carbocycles. The second kappa shape index (κ2) is 22.5. The number of phenols is 1. The Balaban J connectivity index is 1.98. The van der Waals surface area contributed by atoms with E-state index in [1.165, 1.54) is 38.5 Å². The van der Waals surface area contributed by atoms with Gasteiger partial charge in [0.2, 0.25) is 5.43 Å².